The van der Waals surface area contributed by atoms with Gasteiger partial charge in [0.05, 0.1) is 0 Å². The minimum Gasteiger partial charge on any atom is -0.371 e. The summed E-state index contributed by atoms with van der Waals surface area (Å²) in [5, 5.41) is 14.5. The Bertz CT molecular complexity index is 912. The van der Waals surface area contributed by atoms with E-state index in [1.54, 1.807) is 0 Å². The predicted molar refractivity (Wildman–Crippen MR) is 117 cm³/mol. The fraction of sp³-hybridized carbons (Fsp3) is 0.545. The Kier molecular flexibility index (Phi) is 4.92. The number of primary amides is 1. The van der Waals surface area contributed by atoms with Crippen molar-refractivity contribution in [3.05, 3.63) is 30.0 Å². The predicted octanol–water partition coefficient (Wildman–Crippen LogP) is 3.45. The monoisotopic (exact) mass is 407 g/mol. The Hall–Kier alpha value is -2.90. The van der Waals surface area contributed by atoms with Crippen LogP contribution in [-0.4, -0.2) is 40.2 Å². The molecule has 0 unspecified atom stereocenters. The smallest absolute Gasteiger partial charge is 0.273 e. The van der Waals surface area contributed by atoms with Gasteiger partial charge in [-0.3, -0.25) is 4.79 Å². The van der Waals surface area contributed by atoms with Gasteiger partial charge in [0.1, 0.15) is 0 Å². The van der Waals surface area contributed by atoms with E-state index in [0.717, 1.165) is 31.6 Å². The standard InChI is InChI=1S/C22H29N7O/c23-19(30)18-20(24-15-3-1-4-15)26-21(28-27-18)25-16-5-7-17(8-6-16)29-13-11-22(12-14-29)9-2-10-22/h5-8,15H,1-4,9-14H2,(H2,23,30)(H2,24,25,26,28). The molecular weight excluding hydrogens is 378 g/mol. The summed E-state index contributed by atoms with van der Waals surface area (Å²) in [6.45, 7) is 2.29. The first-order chi connectivity index (χ1) is 14.6. The van der Waals surface area contributed by atoms with E-state index in [4.69, 9.17) is 5.73 Å². The van der Waals surface area contributed by atoms with Crippen molar-refractivity contribution in [1.29, 1.82) is 0 Å². The van der Waals surface area contributed by atoms with E-state index in [1.807, 2.05) is 12.1 Å². The summed E-state index contributed by atoms with van der Waals surface area (Å²) in [6, 6.07) is 8.66. The van der Waals surface area contributed by atoms with Gasteiger partial charge in [-0.05, 0) is 74.6 Å². The van der Waals surface area contributed by atoms with E-state index >= 15 is 0 Å². The molecule has 158 valence electrons. The van der Waals surface area contributed by atoms with Crippen LogP contribution in [0.2, 0.25) is 0 Å². The molecule has 1 aromatic heterocycles. The van der Waals surface area contributed by atoms with E-state index in [-0.39, 0.29) is 5.69 Å². The maximum Gasteiger partial charge on any atom is 0.273 e. The number of carbonyl (C=O) groups is 1. The number of aromatic nitrogens is 3. The number of hydrogen-bond donors (Lipinski definition) is 3. The zero-order valence-corrected chi connectivity index (χ0v) is 17.2. The van der Waals surface area contributed by atoms with Crippen molar-refractivity contribution in [3.63, 3.8) is 0 Å². The second-order valence-electron chi connectivity index (χ2n) is 8.98. The largest absolute Gasteiger partial charge is 0.371 e. The summed E-state index contributed by atoms with van der Waals surface area (Å²) in [4.78, 5) is 18.6. The third-order valence-corrected chi connectivity index (χ3v) is 7.09. The molecule has 0 bridgehead atoms. The SMILES string of the molecule is NC(=O)c1nnc(Nc2ccc(N3CCC4(CCC4)CC3)cc2)nc1NC1CCC1. The van der Waals surface area contributed by atoms with Crippen molar-refractivity contribution in [3.8, 4) is 0 Å². The van der Waals surface area contributed by atoms with Crippen LogP contribution in [0.4, 0.5) is 23.1 Å². The van der Waals surface area contributed by atoms with E-state index < -0.39 is 5.91 Å². The van der Waals surface area contributed by atoms with Gasteiger partial charge in [0, 0.05) is 30.5 Å². The molecule has 1 amide bonds. The van der Waals surface area contributed by atoms with E-state index in [9.17, 15) is 4.79 Å². The highest BCUT2D eigenvalue weighted by Gasteiger charge is 2.39. The van der Waals surface area contributed by atoms with Crippen molar-refractivity contribution in [1.82, 2.24) is 15.2 Å². The number of hydrogen-bond acceptors (Lipinski definition) is 7. The van der Waals surface area contributed by atoms with Crippen LogP contribution in [0, 0.1) is 5.41 Å². The number of benzene rings is 1. The number of amides is 1. The highest BCUT2D eigenvalue weighted by molar-refractivity contribution is 5.95. The Labute approximate surface area is 176 Å². The first-order valence-corrected chi connectivity index (χ1v) is 11.0. The molecule has 1 spiro atoms. The molecular formula is C22H29N7O. The van der Waals surface area contributed by atoms with Gasteiger partial charge in [0.15, 0.2) is 11.5 Å². The second kappa shape index (κ2) is 7.74. The number of piperidine rings is 1. The molecule has 1 aliphatic heterocycles. The van der Waals surface area contributed by atoms with Crippen LogP contribution in [0.3, 0.4) is 0 Å². The minimum absolute atomic E-state index is 0.0807. The van der Waals surface area contributed by atoms with Crippen LogP contribution in [0.1, 0.15) is 61.9 Å². The lowest BCUT2D eigenvalue weighted by Crippen LogP contribution is -2.43. The highest BCUT2D eigenvalue weighted by atomic mass is 16.1. The average Bonchev–Trinajstić information content (AvgIpc) is 2.70. The zero-order valence-electron chi connectivity index (χ0n) is 17.2. The van der Waals surface area contributed by atoms with Gasteiger partial charge in [0.2, 0.25) is 5.95 Å². The lowest BCUT2D eigenvalue weighted by atomic mass is 9.63. The molecule has 2 aliphatic carbocycles. The lowest BCUT2D eigenvalue weighted by molar-refractivity contribution is 0.0955. The average molecular weight is 408 g/mol. The molecule has 30 heavy (non-hydrogen) atoms. The highest BCUT2D eigenvalue weighted by Crippen LogP contribution is 2.49. The number of anilines is 4. The van der Waals surface area contributed by atoms with E-state index in [2.05, 4.69) is 42.8 Å². The van der Waals surface area contributed by atoms with Crippen LogP contribution in [0.5, 0.6) is 0 Å². The maximum atomic E-state index is 11.6. The lowest BCUT2D eigenvalue weighted by Gasteiger charge is -2.48. The summed E-state index contributed by atoms with van der Waals surface area (Å²) < 4.78 is 0. The van der Waals surface area contributed by atoms with Crippen molar-refractivity contribution in [2.45, 2.75) is 57.4 Å². The number of rotatable bonds is 6. The van der Waals surface area contributed by atoms with Crippen LogP contribution in [0.25, 0.3) is 0 Å². The summed E-state index contributed by atoms with van der Waals surface area (Å²) in [7, 11) is 0. The third-order valence-electron chi connectivity index (χ3n) is 7.09. The molecule has 4 N–H and O–H groups in total. The Morgan fingerprint density at radius 1 is 1.03 bits per heavy atom. The van der Waals surface area contributed by atoms with Crippen molar-refractivity contribution in [2.24, 2.45) is 11.1 Å². The van der Waals surface area contributed by atoms with E-state index in [1.165, 1.54) is 44.2 Å². The van der Waals surface area contributed by atoms with Gasteiger partial charge < -0.3 is 21.3 Å². The molecule has 3 fully saturated rings. The first-order valence-electron chi connectivity index (χ1n) is 11.0. The van der Waals surface area contributed by atoms with Crippen LogP contribution in [-0.2, 0) is 0 Å². The number of nitrogens with one attached hydrogen (secondary N) is 2. The van der Waals surface area contributed by atoms with Gasteiger partial charge in [-0.2, -0.15) is 4.98 Å². The van der Waals surface area contributed by atoms with Gasteiger partial charge in [-0.1, -0.05) is 6.42 Å². The molecule has 5 rings (SSSR count). The summed E-state index contributed by atoms with van der Waals surface area (Å²) in [5.74, 6) is 0.122. The normalized spacial score (nSPS) is 20.3. The van der Waals surface area contributed by atoms with Gasteiger partial charge in [-0.25, -0.2) is 0 Å². The second-order valence-corrected chi connectivity index (χ2v) is 8.98. The molecule has 8 nitrogen and oxygen atoms in total. The Morgan fingerprint density at radius 2 is 1.77 bits per heavy atom. The molecule has 2 saturated carbocycles. The quantitative estimate of drug-likeness (QED) is 0.673. The zero-order chi connectivity index (χ0) is 20.6. The van der Waals surface area contributed by atoms with Crippen molar-refractivity contribution < 1.29 is 4.79 Å². The number of carbonyl (C=O) groups excluding carboxylic acids is 1. The van der Waals surface area contributed by atoms with Crippen molar-refractivity contribution in [2.75, 3.05) is 28.6 Å². The van der Waals surface area contributed by atoms with Crippen molar-refractivity contribution >= 4 is 29.0 Å². The fourth-order valence-electron chi connectivity index (χ4n) is 4.69. The molecule has 3 aliphatic rings. The van der Waals surface area contributed by atoms with E-state index in [0.29, 0.717) is 23.2 Å². The molecule has 1 saturated heterocycles. The minimum atomic E-state index is -0.627. The fourth-order valence-corrected chi connectivity index (χ4v) is 4.69. The van der Waals surface area contributed by atoms with Gasteiger partial charge in [-0.15, -0.1) is 10.2 Å². The Balaban J connectivity index is 1.25. The molecule has 8 heteroatoms. The summed E-state index contributed by atoms with van der Waals surface area (Å²) in [5.41, 5.74) is 8.30. The maximum absolute atomic E-state index is 11.6. The van der Waals surface area contributed by atoms with Crippen LogP contribution >= 0.6 is 0 Å². The van der Waals surface area contributed by atoms with Gasteiger partial charge in [0.25, 0.3) is 5.91 Å². The number of nitrogens with zero attached hydrogens (tertiary/aromatic N) is 4. The molecule has 1 aromatic carbocycles. The summed E-state index contributed by atoms with van der Waals surface area (Å²) >= 11 is 0. The Morgan fingerprint density at radius 3 is 2.33 bits per heavy atom. The molecule has 0 radical (unpaired) electrons. The molecule has 2 aromatic rings. The first kappa shape index (κ1) is 19.1. The topological polar surface area (TPSA) is 109 Å². The molecule has 2 heterocycles. The van der Waals surface area contributed by atoms with Crippen LogP contribution < -0.4 is 21.3 Å². The van der Waals surface area contributed by atoms with Gasteiger partial charge >= 0.3 is 0 Å². The van der Waals surface area contributed by atoms with Crippen LogP contribution in [0.15, 0.2) is 24.3 Å². The summed E-state index contributed by atoms with van der Waals surface area (Å²) in [6.07, 6.45) is 10.2. The molecule has 0 atom stereocenters. The number of nitrogens with two attached hydrogens (primary N) is 1. The third kappa shape index (κ3) is 3.78.